The molecule has 2 rings (SSSR count). The van der Waals surface area contributed by atoms with Crippen LogP contribution in [0, 0.1) is 0 Å². The van der Waals surface area contributed by atoms with E-state index in [4.69, 9.17) is 9.47 Å². The number of pyridine rings is 2. The summed E-state index contributed by atoms with van der Waals surface area (Å²) in [6.45, 7) is 1.14. The van der Waals surface area contributed by atoms with Crippen LogP contribution in [-0.4, -0.2) is 24.1 Å². The van der Waals surface area contributed by atoms with Gasteiger partial charge in [0.15, 0.2) is 0 Å². The molecule has 5 heteroatoms. The first-order valence-electron chi connectivity index (χ1n) is 6.04. The monoisotopic (exact) mass is 259 g/mol. The minimum atomic E-state index is 0.393. The number of methoxy groups -OCH3 is 1. The molecule has 0 saturated heterocycles. The molecule has 0 aromatic carbocycles. The van der Waals surface area contributed by atoms with Crippen LogP contribution in [0.3, 0.4) is 0 Å². The first kappa shape index (κ1) is 13.3. The Kier molecular flexibility index (Phi) is 4.69. The summed E-state index contributed by atoms with van der Waals surface area (Å²) in [6.07, 6.45) is 1.72. The summed E-state index contributed by atoms with van der Waals surface area (Å²) in [5.41, 5.74) is 1.80. The molecule has 0 unspecified atom stereocenters. The van der Waals surface area contributed by atoms with Crippen molar-refractivity contribution in [3.63, 3.8) is 0 Å². The summed E-state index contributed by atoms with van der Waals surface area (Å²) in [5.74, 6) is 1.31. The van der Waals surface area contributed by atoms with Gasteiger partial charge >= 0.3 is 0 Å². The topological polar surface area (TPSA) is 56.3 Å². The highest BCUT2D eigenvalue weighted by Crippen LogP contribution is 2.12. The van der Waals surface area contributed by atoms with E-state index in [9.17, 15) is 0 Å². The highest BCUT2D eigenvalue weighted by molar-refractivity contribution is 5.21. The van der Waals surface area contributed by atoms with Crippen molar-refractivity contribution in [2.75, 3.05) is 14.2 Å². The molecule has 19 heavy (non-hydrogen) atoms. The Hall–Kier alpha value is -2.14. The molecular weight excluding hydrogens is 242 g/mol. The van der Waals surface area contributed by atoms with Gasteiger partial charge < -0.3 is 14.8 Å². The molecule has 0 radical (unpaired) electrons. The second kappa shape index (κ2) is 6.70. The number of aromatic nitrogens is 2. The van der Waals surface area contributed by atoms with Crippen LogP contribution in [0.4, 0.5) is 0 Å². The zero-order valence-electron chi connectivity index (χ0n) is 11.1. The largest absolute Gasteiger partial charge is 0.486 e. The molecule has 2 aromatic rings. The van der Waals surface area contributed by atoms with Gasteiger partial charge in [0.25, 0.3) is 0 Å². The maximum absolute atomic E-state index is 5.62. The van der Waals surface area contributed by atoms with Gasteiger partial charge in [-0.2, -0.15) is 0 Å². The minimum absolute atomic E-state index is 0.393. The van der Waals surface area contributed by atoms with Crippen molar-refractivity contribution in [3.8, 4) is 11.6 Å². The van der Waals surface area contributed by atoms with Crippen LogP contribution < -0.4 is 14.8 Å². The summed E-state index contributed by atoms with van der Waals surface area (Å²) in [6, 6.07) is 9.42. The molecule has 5 nitrogen and oxygen atoms in total. The fraction of sp³-hybridized carbons (Fsp3) is 0.286. The summed E-state index contributed by atoms with van der Waals surface area (Å²) in [5, 5.41) is 3.05. The Bertz CT molecular complexity index is 514. The second-order valence-corrected chi connectivity index (χ2v) is 3.98. The third kappa shape index (κ3) is 3.93. The Morgan fingerprint density at radius 2 is 2.05 bits per heavy atom. The maximum atomic E-state index is 5.62. The lowest BCUT2D eigenvalue weighted by atomic mass is 10.3. The Labute approximate surface area is 112 Å². The van der Waals surface area contributed by atoms with Gasteiger partial charge in [0.1, 0.15) is 12.4 Å². The van der Waals surface area contributed by atoms with E-state index in [0.717, 1.165) is 23.7 Å². The summed E-state index contributed by atoms with van der Waals surface area (Å²) < 4.78 is 10.7. The molecule has 0 aliphatic heterocycles. The lowest BCUT2D eigenvalue weighted by Gasteiger charge is -2.07. The summed E-state index contributed by atoms with van der Waals surface area (Å²) >= 11 is 0. The van der Waals surface area contributed by atoms with Gasteiger partial charge in [-0.3, -0.25) is 4.98 Å². The molecule has 0 aliphatic rings. The van der Waals surface area contributed by atoms with E-state index in [0.29, 0.717) is 12.5 Å². The quantitative estimate of drug-likeness (QED) is 0.857. The van der Waals surface area contributed by atoms with E-state index in [1.54, 1.807) is 19.4 Å². The number of nitrogens with one attached hydrogen (secondary N) is 1. The van der Waals surface area contributed by atoms with E-state index >= 15 is 0 Å². The molecule has 0 atom stereocenters. The maximum Gasteiger partial charge on any atom is 0.213 e. The Morgan fingerprint density at radius 3 is 2.74 bits per heavy atom. The van der Waals surface area contributed by atoms with E-state index in [1.807, 2.05) is 31.3 Å². The van der Waals surface area contributed by atoms with Crippen molar-refractivity contribution < 1.29 is 9.47 Å². The third-order valence-corrected chi connectivity index (χ3v) is 2.53. The van der Waals surface area contributed by atoms with Crippen LogP contribution in [0.25, 0.3) is 0 Å². The van der Waals surface area contributed by atoms with Gasteiger partial charge in [-0.1, -0.05) is 6.07 Å². The van der Waals surface area contributed by atoms with Crippen LogP contribution in [0.1, 0.15) is 11.4 Å². The van der Waals surface area contributed by atoms with E-state index < -0.39 is 0 Å². The van der Waals surface area contributed by atoms with Crippen molar-refractivity contribution in [2.45, 2.75) is 13.2 Å². The van der Waals surface area contributed by atoms with Crippen molar-refractivity contribution in [2.24, 2.45) is 0 Å². The number of rotatable bonds is 6. The van der Waals surface area contributed by atoms with Crippen molar-refractivity contribution in [3.05, 3.63) is 47.9 Å². The van der Waals surface area contributed by atoms with Crippen LogP contribution in [0.2, 0.25) is 0 Å². The fourth-order valence-electron chi connectivity index (χ4n) is 1.59. The number of hydrogen-bond acceptors (Lipinski definition) is 5. The SMILES string of the molecule is CNCc1ccc(OCc2cccc(OC)n2)cn1. The van der Waals surface area contributed by atoms with Crippen LogP contribution in [0.5, 0.6) is 11.6 Å². The number of nitrogens with zero attached hydrogens (tertiary/aromatic N) is 2. The van der Waals surface area contributed by atoms with E-state index in [2.05, 4.69) is 15.3 Å². The lowest BCUT2D eigenvalue weighted by molar-refractivity contribution is 0.296. The molecule has 0 fully saturated rings. The van der Waals surface area contributed by atoms with Gasteiger partial charge in [-0.05, 0) is 25.2 Å². The fourth-order valence-corrected chi connectivity index (χ4v) is 1.59. The zero-order chi connectivity index (χ0) is 13.5. The van der Waals surface area contributed by atoms with Gasteiger partial charge in [-0.15, -0.1) is 0 Å². The molecule has 0 amide bonds. The van der Waals surface area contributed by atoms with E-state index in [-0.39, 0.29) is 0 Å². The van der Waals surface area contributed by atoms with Crippen molar-refractivity contribution in [1.82, 2.24) is 15.3 Å². The number of hydrogen-bond donors (Lipinski definition) is 1. The van der Waals surface area contributed by atoms with Gasteiger partial charge in [-0.25, -0.2) is 4.98 Å². The first-order valence-corrected chi connectivity index (χ1v) is 6.04. The Morgan fingerprint density at radius 1 is 1.16 bits per heavy atom. The molecule has 1 N–H and O–H groups in total. The van der Waals surface area contributed by atoms with Gasteiger partial charge in [0.2, 0.25) is 5.88 Å². The molecule has 0 bridgehead atoms. The van der Waals surface area contributed by atoms with Crippen LogP contribution in [0.15, 0.2) is 36.5 Å². The molecular formula is C14H17N3O2. The summed E-state index contributed by atoms with van der Waals surface area (Å²) in [7, 11) is 3.48. The van der Waals surface area contributed by atoms with E-state index in [1.165, 1.54) is 0 Å². The molecule has 100 valence electrons. The lowest BCUT2D eigenvalue weighted by Crippen LogP contribution is -2.06. The molecule has 0 saturated carbocycles. The van der Waals surface area contributed by atoms with Crippen LogP contribution >= 0.6 is 0 Å². The average Bonchev–Trinajstić information content (AvgIpc) is 2.47. The second-order valence-electron chi connectivity index (χ2n) is 3.98. The first-order chi connectivity index (χ1) is 9.31. The summed E-state index contributed by atoms with van der Waals surface area (Å²) in [4.78, 5) is 8.56. The highest BCUT2D eigenvalue weighted by atomic mass is 16.5. The Balaban J connectivity index is 1.94. The molecule has 2 aromatic heterocycles. The predicted molar refractivity (Wildman–Crippen MR) is 72.1 cm³/mol. The predicted octanol–water partition coefficient (Wildman–Crippen LogP) is 1.78. The highest BCUT2D eigenvalue weighted by Gasteiger charge is 2.00. The van der Waals surface area contributed by atoms with Crippen molar-refractivity contribution in [1.29, 1.82) is 0 Å². The number of ether oxygens (including phenoxy) is 2. The van der Waals surface area contributed by atoms with Crippen LogP contribution in [-0.2, 0) is 13.2 Å². The third-order valence-electron chi connectivity index (χ3n) is 2.53. The minimum Gasteiger partial charge on any atom is -0.486 e. The molecule has 0 spiro atoms. The molecule has 2 heterocycles. The molecule has 0 aliphatic carbocycles. The average molecular weight is 259 g/mol. The normalized spacial score (nSPS) is 10.2. The van der Waals surface area contributed by atoms with Gasteiger partial charge in [0, 0.05) is 12.6 Å². The van der Waals surface area contributed by atoms with Crippen molar-refractivity contribution >= 4 is 0 Å². The zero-order valence-corrected chi connectivity index (χ0v) is 11.1. The van der Waals surface area contributed by atoms with Gasteiger partial charge in [0.05, 0.1) is 24.7 Å². The standard InChI is InChI=1S/C14H17N3O2/c1-15-8-11-6-7-13(9-16-11)19-10-12-4-3-5-14(17-12)18-2/h3-7,9,15H,8,10H2,1-2H3. The smallest absolute Gasteiger partial charge is 0.213 e.